The molecule has 19 heavy (non-hydrogen) atoms. The summed E-state index contributed by atoms with van der Waals surface area (Å²) in [7, 11) is 0. The third-order valence-corrected chi connectivity index (χ3v) is 3.06. The number of rotatable bonds is 5. The molecule has 0 aromatic heterocycles. The Morgan fingerprint density at radius 2 is 1.74 bits per heavy atom. The quantitative estimate of drug-likeness (QED) is 0.818. The van der Waals surface area contributed by atoms with Gasteiger partial charge in [-0.25, -0.2) is 0 Å². The molecule has 0 saturated carbocycles. The van der Waals surface area contributed by atoms with Crippen molar-refractivity contribution in [1.29, 1.82) is 0 Å². The average molecular weight is 322 g/mol. The number of ether oxygens (including phenoxy) is 2. The first-order chi connectivity index (χ1) is 9.20. The topological polar surface area (TPSA) is 44.5 Å². The van der Waals surface area contributed by atoms with Crippen LogP contribution in [0.4, 0.5) is 5.69 Å². The van der Waals surface area contributed by atoms with Gasteiger partial charge in [-0.1, -0.05) is 28.9 Å². The zero-order valence-electron chi connectivity index (χ0n) is 10.7. The fourth-order valence-corrected chi connectivity index (χ4v) is 1.84. The SMILES string of the molecule is CCCOc1cccc(Oc2ccc(Br)cc2)c1N. The van der Waals surface area contributed by atoms with Crippen LogP contribution in [0.25, 0.3) is 0 Å². The van der Waals surface area contributed by atoms with Gasteiger partial charge < -0.3 is 15.2 Å². The van der Waals surface area contributed by atoms with Gasteiger partial charge in [-0.2, -0.15) is 0 Å². The molecule has 0 atom stereocenters. The molecular weight excluding hydrogens is 306 g/mol. The summed E-state index contributed by atoms with van der Waals surface area (Å²) in [6.07, 6.45) is 0.942. The van der Waals surface area contributed by atoms with Gasteiger partial charge in [0.15, 0.2) is 5.75 Å². The number of benzene rings is 2. The van der Waals surface area contributed by atoms with Gasteiger partial charge in [0.05, 0.1) is 6.61 Å². The standard InChI is InChI=1S/C15H16BrNO2/c1-2-10-18-13-4-3-5-14(15(13)17)19-12-8-6-11(16)7-9-12/h3-9H,2,10,17H2,1H3. The minimum atomic E-state index is 0.527. The van der Waals surface area contributed by atoms with E-state index in [1.807, 2.05) is 42.5 Å². The van der Waals surface area contributed by atoms with Crippen molar-refractivity contribution >= 4 is 21.6 Å². The van der Waals surface area contributed by atoms with E-state index in [-0.39, 0.29) is 0 Å². The second-order valence-electron chi connectivity index (χ2n) is 4.07. The van der Waals surface area contributed by atoms with Crippen molar-refractivity contribution < 1.29 is 9.47 Å². The summed E-state index contributed by atoms with van der Waals surface area (Å²) in [4.78, 5) is 0. The van der Waals surface area contributed by atoms with E-state index >= 15 is 0 Å². The fourth-order valence-electron chi connectivity index (χ4n) is 1.58. The molecule has 2 aromatic carbocycles. The molecule has 0 saturated heterocycles. The molecule has 0 bridgehead atoms. The van der Waals surface area contributed by atoms with Gasteiger partial charge in [0, 0.05) is 4.47 Å². The molecule has 0 aliphatic carbocycles. The largest absolute Gasteiger partial charge is 0.491 e. The van der Waals surface area contributed by atoms with Crippen LogP contribution in [0.2, 0.25) is 0 Å². The maximum atomic E-state index is 6.04. The molecule has 0 heterocycles. The van der Waals surface area contributed by atoms with E-state index in [9.17, 15) is 0 Å². The Kier molecular flexibility index (Phi) is 4.68. The van der Waals surface area contributed by atoms with Crippen molar-refractivity contribution in [3.63, 3.8) is 0 Å². The minimum absolute atomic E-state index is 0.527. The molecule has 2 aromatic rings. The average Bonchev–Trinajstić information content (AvgIpc) is 2.42. The van der Waals surface area contributed by atoms with E-state index in [0.29, 0.717) is 23.8 Å². The number of para-hydroxylation sites is 1. The number of hydrogen-bond donors (Lipinski definition) is 1. The molecule has 0 spiro atoms. The van der Waals surface area contributed by atoms with Crippen molar-refractivity contribution in [3.05, 3.63) is 46.9 Å². The molecule has 100 valence electrons. The second-order valence-corrected chi connectivity index (χ2v) is 4.99. The predicted octanol–water partition coefficient (Wildman–Crippen LogP) is 4.61. The van der Waals surface area contributed by atoms with Crippen LogP contribution >= 0.6 is 15.9 Å². The first-order valence-electron chi connectivity index (χ1n) is 6.15. The van der Waals surface area contributed by atoms with Gasteiger partial charge in [0.1, 0.15) is 17.2 Å². The molecule has 3 nitrogen and oxygen atoms in total. The van der Waals surface area contributed by atoms with E-state index in [2.05, 4.69) is 22.9 Å². The molecule has 0 unspecified atom stereocenters. The fraction of sp³-hybridized carbons (Fsp3) is 0.200. The van der Waals surface area contributed by atoms with Crippen molar-refractivity contribution in [2.45, 2.75) is 13.3 Å². The zero-order chi connectivity index (χ0) is 13.7. The number of halogens is 1. The number of anilines is 1. The van der Waals surface area contributed by atoms with Gasteiger partial charge in [-0.3, -0.25) is 0 Å². The van der Waals surface area contributed by atoms with Crippen molar-refractivity contribution in [2.24, 2.45) is 0 Å². The van der Waals surface area contributed by atoms with Crippen LogP contribution in [0.1, 0.15) is 13.3 Å². The Morgan fingerprint density at radius 3 is 2.42 bits per heavy atom. The van der Waals surface area contributed by atoms with Crippen LogP contribution < -0.4 is 15.2 Å². The molecule has 0 radical (unpaired) electrons. The Balaban J connectivity index is 2.18. The highest BCUT2D eigenvalue weighted by atomic mass is 79.9. The first-order valence-corrected chi connectivity index (χ1v) is 6.94. The van der Waals surface area contributed by atoms with Crippen molar-refractivity contribution in [2.75, 3.05) is 12.3 Å². The van der Waals surface area contributed by atoms with Crippen molar-refractivity contribution in [3.8, 4) is 17.2 Å². The number of nitrogen functional groups attached to an aromatic ring is 1. The van der Waals surface area contributed by atoms with Gasteiger partial charge in [-0.05, 0) is 42.8 Å². The highest BCUT2D eigenvalue weighted by Crippen LogP contribution is 2.34. The Morgan fingerprint density at radius 1 is 1.05 bits per heavy atom. The monoisotopic (exact) mass is 321 g/mol. The van der Waals surface area contributed by atoms with E-state index in [4.69, 9.17) is 15.2 Å². The molecule has 0 amide bonds. The van der Waals surface area contributed by atoms with E-state index in [1.54, 1.807) is 0 Å². The minimum Gasteiger partial charge on any atom is -0.491 e. The lowest BCUT2D eigenvalue weighted by Crippen LogP contribution is -2.00. The van der Waals surface area contributed by atoms with Gasteiger partial charge >= 0.3 is 0 Å². The van der Waals surface area contributed by atoms with Gasteiger partial charge in [0.2, 0.25) is 0 Å². The highest BCUT2D eigenvalue weighted by Gasteiger charge is 2.08. The summed E-state index contributed by atoms with van der Waals surface area (Å²) < 4.78 is 12.3. The number of hydrogen-bond acceptors (Lipinski definition) is 3. The third-order valence-electron chi connectivity index (χ3n) is 2.53. The summed E-state index contributed by atoms with van der Waals surface area (Å²) in [5.74, 6) is 2.01. The molecule has 2 rings (SSSR count). The van der Waals surface area contributed by atoms with Crippen LogP contribution in [0.5, 0.6) is 17.2 Å². The third kappa shape index (κ3) is 3.64. The summed E-state index contributed by atoms with van der Waals surface area (Å²) in [6.45, 7) is 2.70. The van der Waals surface area contributed by atoms with Crippen LogP contribution in [-0.2, 0) is 0 Å². The molecule has 2 N–H and O–H groups in total. The molecule has 0 aliphatic heterocycles. The molecule has 0 fully saturated rings. The molecule has 0 aliphatic rings. The lowest BCUT2D eigenvalue weighted by molar-refractivity contribution is 0.318. The van der Waals surface area contributed by atoms with Crippen LogP contribution in [0, 0.1) is 0 Å². The summed E-state index contributed by atoms with van der Waals surface area (Å²) in [6, 6.07) is 13.1. The highest BCUT2D eigenvalue weighted by molar-refractivity contribution is 9.10. The summed E-state index contributed by atoms with van der Waals surface area (Å²) in [5, 5.41) is 0. The lowest BCUT2D eigenvalue weighted by Gasteiger charge is -2.12. The zero-order valence-corrected chi connectivity index (χ0v) is 12.3. The normalized spacial score (nSPS) is 10.2. The van der Waals surface area contributed by atoms with Crippen molar-refractivity contribution in [1.82, 2.24) is 0 Å². The Labute approximate surface area is 121 Å². The molecule has 4 heteroatoms. The Bertz CT molecular complexity index is 540. The van der Waals surface area contributed by atoms with Crippen LogP contribution in [0.3, 0.4) is 0 Å². The first kappa shape index (κ1) is 13.7. The summed E-state index contributed by atoms with van der Waals surface area (Å²) >= 11 is 3.39. The van der Waals surface area contributed by atoms with E-state index in [1.165, 1.54) is 0 Å². The maximum absolute atomic E-state index is 6.04. The summed E-state index contributed by atoms with van der Waals surface area (Å²) in [5.41, 5.74) is 6.57. The van der Waals surface area contributed by atoms with E-state index < -0.39 is 0 Å². The lowest BCUT2D eigenvalue weighted by atomic mass is 10.2. The van der Waals surface area contributed by atoms with Crippen LogP contribution in [-0.4, -0.2) is 6.61 Å². The second kappa shape index (κ2) is 6.48. The Hall–Kier alpha value is -1.68. The maximum Gasteiger partial charge on any atom is 0.154 e. The molecular formula is C15H16BrNO2. The van der Waals surface area contributed by atoms with Gasteiger partial charge in [0.25, 0.3) is 0 Å². The number of nitrogens with two attached hydrogens (primary N) is 1. The van der Waals surface area contributed by atoms with E-state index in [0.717, 1.165) is 16.6 Å². The smallest absolute Gasteiger partial charge is 0.154 e. The van der Waals surface area contributed by atoms with Crippen LogP contribution in [0.15, 0.2) is 46.9 Å². The predicted molar refractivity (Wildman–Crippen MR) is 80.9 cm³/mol. The van der Waals surface area contributed by atoms with Gasteiger partial charge in [-0.15, -0.1) is 0 Å².